The third kappa shape index (κ3) is 4.97. The summed E-state index contributed by atoms with van der Waals surface area (Å²) in [6, 6.07) is 9.83. The number of methoxy groups -OCH3 is 3. The molecular formula is C22H26N2O6S2. The van der Waals surface area contributed by atoms with Gasteiger partial charge >= 0.3 is 0 Å². The van der Waals surface area contributed by atoms with Crippen LogP contribution in [-0.2, 0) is 21.2 Å². The summed E-state index contributed by atoms with van der Waals surface area (Å²) in [6.45, 7) is 2.54. The molecule has 1 aromatic heterocycles. The second-order valence-electron chi connectivity index (χ2n) is 6.88. The number of rotatable bonds is 9. The normalized spacial score (nSPS) is 12.2. The van der Waals surface area contributed by atoms with Crippen LogP contribution in [0.2, 0.25) is 0 Å². The molecule has 10 heteroatoms. The summed E-state index contributed by atoms with van der Waals surface area (Å²) in [5.74, 6) is 1.41. The summed E-state index contributed by atoms with van der Waals surface area (Å²) in [6.07, 6.45) is 0.210. The molecule has 0 aliphatic rings. The molecule has 0 saturated heterocycles. The molecule has 0 N–H and O–H groups in total. The molecule has 0 aliphatic carbocycles. The van der Waals surface area contributed by atoms with Crippen LogP contribution in [-0.4, -0.2) is 46.0 Å². The number of nitrogens with zero attached hydrogens (tertiary/aromatic N) is 2. The molecule has 1 heterocycles. The number of fused-ring (bicyclic) bond motifs is 1. The molecule has 0 atom stereocenters. The minimum Gasteiger partial charge on any atom is -0.497 e. The Kier molecular flexibility index (Phi) is 7.57. The highest BCUT2D eigenvalue weighted by atomic mass is 32.2. The molecule has 0 fully saturated rings. The summed E-state index contributed by atoms with van der Waals surface area (Å²) < 4.78 is 43.7. The number of hydrogen-bond donors (Lipinski definition) is 0. The van der Waals surface area contributed by atoms with Crippen LogP contribution < -0.4 is 19.0 Å². The molecule has 8 nitrogen and oxygen atoms in total. The molecule has 0 aliphatic heterocycles. The van der Waals surface area contributed by atoms with Crippen molar-refractivity contribution in [1.29, 1.82) is 0 Å². The Labute approximate surface area is 191 Å². The molecule has 0 bridgehead atoms. The number of carbonyl (C=O) groups excluding carboxylic acids is 1. The Morgan fingerprint density at radius 1 is 1.00 bits per heavy atom. The maximum absolute atomic E-state index is 12.5. The highest BCUT2D eigenvalue weighted by Crippen LogP contribution is 2.35. The predicted molar refractivity (Wildman–Crippen MR) is 123 cm³/mol. The monoisotopic (exact) mass is 478 g/mol. The lowest BCUT2D eigenvalue weighted by molar-refractivity contribution is -0.118. The van der Waals surface area contributed by atoms with Gasteiger partial charge in [-0.25, -0.2) is 8.42 Å². The molecule has 32 heavy (non-hydrogen) atoms. The first kappa shape index (κ1) is 23.8. The van der Waals surface area contributed by atoms with Gasteiger partial charge in [-0.2, -0.15) is 4.99 Å². The largest absolute Gasteiger partial charge is 0.497 e. The van der Waals surface area contributed by atoms with Crippen molar-refractivity contribution in [3.63, 3.8) is 0 Å². The number of thiazole rings is 1. The Morgan fingerprint density at radius 3 is 2.25 bits per heavy atom. The maximum atomic E-state index is 12.5. The third-order valence-corrected chi connectivity index (χ3v) is 7.86. The van der Waals surface area contributed by atoms with E-state index in [2.05, 4.69) is 4.99 Å². The van der Waals surface area contributed by atoms with Gasteiger partial charge in [0.25, 0.3) is 0 Å². The smallest absolute Gasteiger partial charge is 0.248 e. The van der Waals surface area contributed by atoms with E-state index in [0.29, 0.717) is 28.6 Å². The van der Waals surface area contributed by atoms with E-state index in [-0.39, 0.29) is 29.4 Å². The molecule has 172 valence electrons. The molecular weight excluding hydrogens is 452 g/mol. The summed E-state index contributed by atoms with van der Waals surface area (Å²) >= 11 is 1.34. The first-order valence-electron chi connectivity index (χ1n) is 10.0. The van der Waals surface area contributed by atoms with Crippen molar-refractivity contribution in [3.05, 3.63) is 41.2 Å². The molecule has 3 rings (SSSR count). The number of aromatic nitrogens is 1. The zero-order valence-electron chi connectivity index (χ0n) is 18.5. The number of aryl methyl sites for hydroxylation is 1. The van der Waals surface area contributed by atoms with Crippen molar-refractivity contribution in [2.75, 3.05) is 27.1 Å². The van der Waals surface area contributed by atoms with Crippen molar-refractivity contribution >= 4 is 37.3 Å². The number of amides is 1. The third-order valence-electron chi connectivity index (χ3n) is 4.95. The van der Waals surface area contributed by atoms with E-state index in [1.807, 2.05) is 23.6 Å². The van der Waals surface area contributed by atoms with Crippen molar-refractivity contribution in [2.24, 2.45) is 4.99 Å². The van der Waals surface area contributed by atoms with Crippen LogP contribution in [0, 0.1) is 0 Å². The van der Waals surface area contributed by atoms with Gasteiger partial charge in [-0.05, 0) is 49.7 Å². The number of ether oxygens (including phenoxy) is 3. The van der Waals surface area contributed by atoms with E-state index in [1.54, 1.807) is 26.4 Å². The molecule has 1 amide bonds. The van der Waals surface area contributed by atoms with E-state index in [0.717, 1.165) is 10.2 Å². The van der Waals surface area contributed by atoms with Gasteiger partial charge in [-0.1, -0.05) is 11.3 Å². The summed E-state index contributed by atoms with van der Waals surface area (Å²) in [7, 11) is 1.20. The number of hydrogen-bond acceptors (Lipinski definition) is 7. The van der Waals surface area contributed by atoms with Gasteiger partial charge in [-0.15, -0.1) is 0 Å². The first-order chi connectivity index (χ1) is 15.3. The van der Waals surface area contributed by atoms with Crippen LogP contribution in [0.4, 0.5) is 0 Å². The number of carbonyl (C=O) groups is 1. The number of sulfone groups is 1. The summed E-state index contributed by atoms with van der Waals surface area (Å²) in [5.41, 5.74) is 0.813. The van der Waals surface area contributed by atoms with E-state index in [4.69, 9.17) is 14.2 Å². The van der Waals surface area contributed by atoms with Crippen LogP contribution in [0.5, 0.6) is 17.2 Å². The zero-order valence-corrected chi connectivity index (χ0v) is 20.1. The van der Waals surface area contributed by atoms with Gasteiger partial charge in [0.15, 0.2) is 14.6 Å². The van der Waals surface area contributed by atoms with Gasteiger partial charge in [0.2, 0.25) is 5.91 Å². The molecule has 0 saturated carbocycles. The van der Waals surface area contributed by atoms with Gasteiger partial charge in [0, 0.05) is 13.0 Å². The van der Waals surface area contributed by atoms with Crippen molar-refractivity contribution in [1.82, 2.24) is 4.57 Å². The minimum atomic E-state index is -3.49. The van der Waals surface area contributed by atoms with Crippen LogP contribution >= 0.6 is 11.3 Å². The predicted octanol–water partition coefficient (Wildman–Crippen LogP) is 3.43. The molecule has 2 aromatic carbocycles. The highest BCUT2D eigenvalue weighted by Gasteiger charge is 2.17. The van der Waals surface area contributed by atoms with E-state index in [9.17, 15) is 13.2 Å². The van der Waals surface area contributed by atoms with Crippen molar-refractivity contribution in [2.45, 2.75) is 31.2 Å². The quantitative estimate of drug-likeness (QED) is 0.468. The van der Waals surface area contributed by atoms with Crippen LogP contribution in [0.1, 0.15) is 19.8 Å². The van der Waals surface area contributed by atoms with E-state index in [1.165, 1.54) is 30.6 Å². The summed E-state index contributed by atoms with van der Waals surface area (Å²) in [5, 5.41) is 0. The molecule has 0 unspecified atom stereocenters. The zero-order chi connectivity index (χ0) is 23.3. The Morgan fingerprint density at radius 2 is 1.66 bits per heavy atom. The van der Waals surface area contributed by atoms with Gasteiger partial charge in [-0.3, -0.25) is 4.79 Å². The van der Waals surface area contributed by atoms with Crippen molar-refractivity contribution in [3.8, 4) is 17.2 Å². The SMILES string of the molecule is CCn1c(=NC(=O)CCCS(=O)(=O)c2ccc(OC)cc2)sc2c(OC)ccc(OC)c21. The van der Waals surface area contributed by atoms with E-state index >= 15 is 0 Å². The molecule has 3 aromatic rings. The first-order valence-corrected chi connectivity index (χ1v) is 12.5. The lowest BCUT2D eigenvalue weighted by Gasteiger charge is -2.08. The fourth-order valence-electron chi connectivity index (χ4n) is 3.31. The Hall–Kier alpha value is -2.85. The maximum Gasteiger partial charge on any atom is 0.248 e. The standard InChI is InChI=1S/C22H26N2O6S2/c1-5-24-20-17(29-3)12-13-18(30-4)21(20)31-22(24)23-19(25)7-6-14-32(26,27)16-10-8-15(28-2)9-11-16/h8-13H,5-7,14H2,1-4H3. The second-order valence-corrected chi connectivity index (χ2v) is 9.97. The van der Waals surface area contributed by atoms with Gasteiger partial charge < -0.3 is 18.8 Å². The molecule has 0 radical (unpaired) electrons. The second kappa shape index (κ2) is 10.2. The van der Waals surface area contributed by atoms with Gasteiger partial charge in [0.1, 0.15) is 27.5 Å². The fraction of sp³-hybridized carbons (Fsp3) is 0.364. The average Bonchev–Trinajstić information content (AvgIpc) is 3.16. The summed E-state index contributed by atoms with van der Waals surface area (Å²) in [4.78, 5) is 17.5. The number of benzene rings is 2. The van der Waals surface area contributed by atoms with Crippen molar-refractivity contribution < 1.29 is 27.4 Å². The lowest BCUT2D eigenvalue weighted by atomic mass is 10.3. The van der Waals surface area contributed by atoms with Crippen LogP contribution in [0.3, 0.4) is 0 Å². The van der Waals surface area contributed by atoms with E-state index < -0.39 is 9.84 Å². The minimum absolute atomic E-state index is 0.0294. The highest BCUT2D eigenvalue weighted by molar-refractivity contribution is 7.91. The van der Waals surface area contributed by atoms with Crippen LogP contribution in [0.25, 0.3) is 10.2 Å². The average molecular weight is 479 g/mol. The van der Waals surface area contributed by atoms with Gasteiger partial charge in [0.05, 0.1) is 32.0 Å². The lowest BCUT2D eigenvalue weighted by Crippen LogP contribution is -2.16. The Balaban J connectivity index is 1.79. The topological polar surface area (TPSA) is 96.2 Å². The fourth-order valence-corrected chi connectivity index (χ4v) is 5.84. The molecule has 0 spiro atoms. The Bertz CT molecular complexity index is 1270. The van der Waals surface area contributed by atoms with Crippen LogP contribution in [0.15, 0.2) is 46.3 Å².